The molecule has 0 amide bonds. The molecule has 0 aliphatic carbocycles. The van der Waals surface area contributed by atoms with Crippen LogP contribution in [0.2, 0.25) is 0 Å². The Morgan fingerprint density at radius 1 is 0.417 bits per heavy atom. The van der Waals surface area contributed by atoms with E-state index in [-0.39, 0.29) is 0 Å². The third kappa shape index (κ3) is 2.74. The zero-order valence-electron chi connectivity index (χ0n) is 19.1. The minimum Gasteiger partial charge on any atom is -0.254 e. The Bertz CT molecular complexity index is 2170. The molecule has 0 radical (unpaired) electrons. The van der Waals surface area contributed by atoms with Crippen molar-refractivity contribution in [1.29, 1.82) is 0 Å². The van der Waals surface area contributed by atoms with Crippen molar-refractivity contribution in [2.75, 3.05) is 0 Å². The third-order valence-electron chi connectivity index (χ3n) is 6.90. The molecule has 0 saturated carbocycles. The minimum absolute atomic E-state index is 0.687. The molecular weight excluding hydrogens is 442 g/mol. The van der Waals surface area contributed by atoms with Crippen LogP contribution in [-0.2, 0) is 0 Å². The molecule has 5 heterocycles. The predicted molar refractivity (Wildman–Crippen MR) is 146 cm³/mol. The Hall–Kier alpha value is -5.03. The summed E-state index contributed by atoms with van der Waals surface area (Å²) in [4.78, 5) is 24.4. The molecule has 8 aromatic rings. The summed E-state index contributed by atoms with van der Waals surface area (Å²) in [6.45, 7) is 0. The first kappa shape index (κ1) is 19.3. The number of hydrogen-bond donors (Lipinski definition) is 0. The van der Waals surface area contributed by atoms with E-state index in [9.17, 15) is 0 Å². The molecule has 166 valence electrons. The highest BCUT2D eigenvalue weighted by atomic mass is 14.9. The Morgan fingerprint density at radius 2 is 1.03 bits per heavy atom. The number of pyridine rings is 5. The lowest BCUT2D eigenvalue weighted by molar-refractivity contribution is 1.30. The summed E-state index contributed by atoms with van der Waals surface area (Å²) in [5, 5.41) is 7.40. The molecule has 0 bridgehead atoms. The van der Waals surface area contributed by atoms with E-state index in [1.807, 2.05) is 36.7 Å². The van der Waals surface area contributed by atoms with E-state index >= 15 is 0 Å². The molecule has 5 heteroatoms. The van der Waals surface area contributed by atoms with Gasteiger partial charge in [-0.2, -0.15) is 0 Å². The van der Waals surface area contributed by atoms with Gasteiger partial charge >= 0.3 is 0 Å². The second kappa shape index (κ2) is 7.23. The van der Waals surface area contributed by atoms with Gasteiger partial charge in [0.15, 0.2) is 5.65 Å². The highest BCUT2D eigenvalue weighted by Gasteiger charge is 2.15. The van der Waals surface area contributed by atoms with Crippen molar-refractivity contribution in [1.82, 2.24) is 24.9 Å². The van der Waals surface area contributed by atoms with E-state index < -0.39 is 0 Å². The van der Waals surface area contributed by atoms with Gasteiger partial charge in [0.2, 0.25) is 0 Å². The number of benzene rings is 3. The van der Waals surface area contributed by atoms with E-state index in [1.165, 1.54) is 0 Å². The molecule has 0 unspecified atom stereocenters. The first-order valence-corrected chi connectivity index (χ1v) is 11.9. The molecule has 5 nitrogen and oxygen atoms in total. The van der Waals surface area contributed by atoms with Gasteiger partial charge in [0.25, 0.3) is 0 Å². The van der Waals surface area contributed by atoms with Gasteiger partial charge < -0.3 is 0 Å². The maximum atomic E-state index is 5.10. The van der Waals surface area contributed by atoms with Gasteiger partial charge in [0.1, 0.15) is 0 Å². The van der Waals surface area contributed by atoms with Gasteiger partial charge in [0, 0.05) is 44.7 Å². The van der Waals surface area contributed by atoms with Crippen LogP contribution in [0, 0.1) is 0 Å². The minimum atomic E-state index is 0.687. The number of aromatic nitrogens is 5. The van der Waals surface area contributed by atoms with Gasteiger partial charge in [-0.25, -0.2) is 15.0 Å². The fourth-order valence-electron chi connectivity index (χ4n) is 5.19. The normalized spacial score (nSPS) is 11.9. The molecule has 8 rings (SSSR count). The lowest BCUT2D eigenvalue weighted by Gasteiger charge is -2.11. The highest BCUT2D eigenvalue weighted by Crippen LogP contribution is 2.35. The SMILES string of the molecule is c1cnc2c(c1)ccc1ccc(-c3nc4nc5c(ccc6cccnc65)cc4c4ccccc34)nc12. The van der Waals surface area contributed by atoms with Crippen molar-refractivity contribution < 1.29 is 0 Å². The summed E-state index contributed by atoms with van der Waals surface area (Å²) in [6.07, 6.45) is 3.62. The molecule has 0 spiro atoms. The lowest BCUT2D eigenvalue weighted by atomic mass is 10.0. The quantitative estimate of drug-likeness (QED) is 0.191. The van der Waals surface area contributed by atoms with Gasteiger partial charge in [-0.15, -0.1) is 0 Å². The summed E-state index contributed by atoms with van der Waals surface area (Å²) >= 11 is 0. The van der Waals surface area contributed by atoms with Crippen molar-refractivity contribution in [2.24, 2.45) is 0 Å². The van der Waals surface area contributed by atoms with E-state index in [2.05, 4.69) is 76.7 Å². The lowest BCUT2D eigenvalue weighted by Crippen LogP contribution is -1.96. The van der Waals surface area contributed by atoms with Crippen LogP contribution in [0.25, 0.3) is 76.8 Å². The molecule has 5 aromatic heterocycles. The van der Waals surface area contributed by atoms with Crippen molar-refractivity contribution in [3.8, 4) is 11.4 Å². The standard InChI is InChI=1S/C31H17N5/c1-2-8-23-22(7-1)24-17-21-12-11-19-6-4-16-33-27(19)29(21)35-31(24)36-30(23)25-14-13-20-10-9-18-5-3-15-32-26(18)28(20)34-25/h1-17H. The summed E-state index contributed by atoms with van der Waals surface area (Å²) in [7, 11) is 0. The van der Waals surface area contributed by atoms with Crippen LogP contribution in [0.4, 0.5) is 0 Å². The van der Waals surface area contributed by atoms with Crippen LogP contribution in [0.1, 0.15) is 0 Å². The molecule has 0 fully saturated rings. The van der Waals surface area contributed by atoms with E-state index in [0.717, 1.165) is 71.2 Å². The van der Waals surface area contributed by atoms with E-state index in [0.29, 0.717) is 5.65 Å². The summed E-state index contributed by atoms with van der Waals surface area (Å²) < 4.78 is 0. The number of hydrogen-bond acceptors (Lipinski definition) is 5. The average Bonchev–Trinajstić information content (AvgIpc) is 2.95. The smallest absolute Gasteiger partial charge is 0.161 e. The van der Waals surface area contributed by atoms with Crippen LogP contribution >= 0.6 is 0 Å². The van der Waals surface area contributed by atoms with Crippen molar-refractivity contribution in [3.05, 3.63) is 103 Å². The molecule has 0 aliphatic heterocycles. The van der Waals surface area contributed by atoms with Crippen molar-refractivity contribution in [3.63, 3.8) is 0 Å². The average molecular weight is 460 g/mol. The van der Waals surface area contributed by atoms with Gasteiger partial charge in [0.05, 0.1) is 33.5 Å². The fraction of sp³-hybridized carbons (Fsp3) is 0. The fourth-order valence-corrected chi connectivity index (χ4v) is 5.19. The summed E-state index contributed by atoms with van der Waals surface area (Å²) in [5.74, 6) is 0. The zero-order chi connectivity index (χ0) is 23.6. The Balaban J connectivity index is 1.48. The second-order valence-corrected chi connectivity index (χ2v) is 8.99. The zero-order valence-corrected chi connectivity index (χ0v) is 19.1. The van der Waals surface area contributed by atoms with Crippen LogP contribution in [-0.4, -0.2) is 24.9 Å². The molecule has 36 heavy (non-hydrogen) atoms. The molecule has 0 atom stereocenters. The predicted octanol–water partition coefficient (Wildman–Crippen LogP) is 7.25. The molecule has 0 saturated heterocycles. The number of rotatable bonds is 1. The molecular formula is C31H17N5. The first-order chi connectivity index (χ1) is 17.8. The van der Waals surface area contributed by atoms with E-state index in [4.69, 9.17) is 15.0 Å². The van der Waals surface area contributed by atoms with Gasteiger partial charge in [-0.1, -0.05) is 66.7 Å². The summed E-state index contributed by atoms with van der Waals surface area (Å²) in [6, 6.07) is 31.1. The highest BCUT2D eigenvalue weighted by molar-refractivity contribution is 6.15. The van der Waals surface area contributed by atoms with Crippen LogP contribution in [0.5, 0.6) is 0 Å². The first-order valence-electron chi connectivity index (χ1n) is 11.9. The van der Waals surface area contributed by atoms with Crippen molar-refractivity contribution >= 4 is 65.4 Å². The number of nitrogens with zero attached hydrogens (tertiary/aromatic N) is 5. The molecule has 0 aliphatic rings. The van der Waals surface area contributed by atoms with Crippen molar-refractivity contribution in [2.45, 2.75) is 0 Å². The Labute approximate surface area is 205 Å². The maximum Gasteiger partial charge on any atom is 0.161 e. The van der Waals surface area contributed by atoms with Crippen LogP contribution in [0.15, 0.2) is 103 Å². The second-order valence-electron chi connectivity index (χ2n) is 8.99. The van der Waals surface area contributed by atoms with Crippen LogP contribution in [0.3, 0.4) is 0 Å². The van der Waals surface area contributed by atoms with Crippen LogP contribution < -0.4 is 0 Å². The number of fused-ring (bicyclic) bond motifs is 9. The third-order valence-corrected chi connectivity index (χ3v) is 6.90. The van der Waals surface area contributed by atoms with Gasteiger partial charge in [-0.3, -0.25) is 9.97 Å². The van der Waals surface area contributed by atoms with Gasteiger partial charge in [-0.05, 0) is 29.7 Å². The van der Waals surface area contributed by atoms with E-state index in [1.54, 1.807) is 0 Å². The largest absolute Gasteiger partial charge is 0.254 e. The molecule has 3 aromatic carbocycles. The Kier molecular flexibility index (Phi) is 3.88. The topological polar surface area (TPSA) is 64.5 Å². The molecule has 0 N–H and O–H groups in total. The summed E-state index contributed by atoms with van der Waals surface area (Å²) in [5.41, 5.74) is 5.81. The monoisotopic (exact) mass is 459 g/mol. The Morgan fingerprint density at radius 3 is 1.78 bits per heavy atom. The maximum absolute atomic E-state index is 5.10.